The first-order valence-corrected chi connectivity index (χ1v) is 7.61. The van der Waals surface area contributed by atoms with Gasteiger partial charge in [0.1, 0.15) is 0 Å². The molecule has 1 aliphatic rings. The number of halogens is 1. The van der Waals surface area contributed by atoms with E-state index >= 15 is 0 Å². The van der Waals surface area contributed by atoms with Crippen molar-refractivity contribution in [3.63, 3.8) is 0 Å². The molecule has 0 radical (unpaired) electrons. The second-order valence-electron chi connectivity index (χ2n) is 5.73. The van der Waals surface area contributed by atoms with E-state index in [1.165, 1.54) is 12.1 Å². The van der Waals surface area contributed by atoms with Crippen LogP contribution >= 0.6 is 11.6 Å². The maximum absolute atomic E-state index is 12.3. The molecule has 1 fully saturated rings. The molecule has 2 rings (SSSR count). The number of amides is 1. The summed E-state index contributed by atoms with van der Waals surface area (Å²) in [5, 5.41) is 13.8. The average Bonchev–Trinajstić information content (AvgIpc) is 2.94. The van der Waals surface area contributed by atoms with Gasteiger partial charge >= 0.3 is 0 Å². The summed E-state index contributed by atoms with van der Waals surface area (Å²) in [5.41, 5.74) is 0.695. The Morgan fingerprint density at radius 1 is 1.43 bits per heavy atom. The van der Waals surface area contributed by atoms with Gasteiger partial charge < -0.3 is 5.32 Å². The molecule has 1 aliphatic carbocycles. The van der Waals surface area contributed by atoms with Crippen molar-refractivity contribution in [3.8, 4) is 0 Å². The fourth-order valence-electron chi connectivity index (χ4n) is 2.91. The topological polar surface area (TPSA) is 72.2 Å². The van der Waals surface area contributed by atoms with E-state index in [9.17, 15) is 14.9 Å². The molecule has 0 saturated heterocycles. The first-order chi connectivity index (χ1) is 9.99. The predicted octanol–water partition coefficient (Wildman–Crippen LogP) is 3.43. The Bertz CT molecular complexity index is 554. The van der Waals surface area contributed by atoms with E-state index in [4.69, 9.17) is 11.6 Å². The van der Waals surface area contributed by atoms with Crippen LogP contribution in [0.15, 0.2) is 18.2 Å². The second kappa shape index (κ2) is 6.43. The van der Waals surface area contributed by atoms with Gasteiger partial charge in [0, 0.05) is 35.0 Å². The SMILES string of the molecule is Cc1c(C(=O)NCC2(CCl)CCCC2)cccc1[N+](=O)[O-]. The minimum atomic E-state index is -0.469. The summed E-state index contributed by atoms with van der Waals surface area (Å²) in [6.45, 7) is 2.12. The molecule has 1 amide bonds. The van der Waals surface area contributed by atoms with Gasteiger partial charge in [0.15, 0.2) is 0 Å². The number of hydrogen-bond donors (Lipinski definition) is 1. The molecule has 6 heteroatoms. The van der Waals surface area contributed by atoms with Gasteiger partial charge in [0.2, 0.25) is 0 Å². The van der Waals surface area contributed by atoms with Crippen LogP contribution in [0, 0.1) is 22.5 Å². The van der Waals surface area contributed by atoms with Crippen molar-refractivity contribution in [2.75, 3.05) is 12.4 Å². The molecule has 1 saturated carbocycles. The van der Waals surface area contributed by atoms with Crippen molar-refractivity contribution >= 4 is 23.2 Å². The minimum absolute atomic E-state index is 0.0220. The zero-order chi connectivity index (χ0) is 15.5. The van der Waals surface area contributed by atoms with Crippen LogP contribution in [0.4, 0.5) is 5.69 Å². The Kier molecular flexibility index (Phi) is 4.83. The summed E-state index contributed by atoms with van der Waals surface area (Å²) >= 11 is 6.05. The van der Waals surface area contributed by atoms with E-state index in [2.05, 4.69) is 5.32 Å². The molecule has 0 aromatic heterocycles. The molecular weight excluding hydrogens is 292 g/mol. The Balaban J connectivity index is 2.10. The van der Waals surface area contributed by atoms with Crippen LogP contribution in [0.5, 0.6) is 0 Å². The van der Waals surface area contributed by atoms with Gasteiger partial charge in [-0.2, -0.15) is 0 Å². The van der Waals surface area contributed by atoms with Crippen LogP contribution in [0.2, 0.25) is 0 Å². The van der Waals surface area contributed by atoms with Gasteiger partial charge in [0.05, 0.1) is 4.92 Å². The molecule has 114 valence electrons. The quantitative estimate of drug-likeness (QED) is 0.514. The number of nitrogens with one attached hydrogen (secondary N) is 1. The fourth-order valence-corrected chi connectivity index (χ4v) is 3.27. The standard InChI is InChI=1S/C15H19ClN2O3/c1-11-12(5-4-6-13(11)18(20)21)14(19)17-10-15(9-16)7-2-3-8-15/h4-6H,2-3,7-10H2,1H3,(H,17,19). The third-order valence-electron chi connectivity index (χ3n) is 4.32. The lowest BCUT2D eigenvalue weighted by Gasteiger charge is -2.26. The Hall–Kier alpha value is -1.62. The van der Waals surface area contributed by atoms with Crippen LogP contribution < -0.4 is 5.32 Å². The summed E-state index contributed by atoms with van der Waals surface area (Å²) in [4.78, 5) is 22.7. The molecule has 1 aromatic rings. The monoisotopic (exact) mass is 310 g/mol. The van der Waals surface area contributed by atoms with Gasteiger partial charge in [-0.3, -0.25) is 14.9 Å². The smallest absolute Gasteiger partial charge is 0.273 e. The first kappa shape index (κ1) is 15.8. The van der Waals surface area contributed by atoms with E-state index in [1.807, 2.05) is 0 Å². The highest BCUT2D eigenvalue weighted by atomic mass is 35.5. The highest BCUT2D eigenvalue weighted by Crippen LogP contribution is 2.38. The number of benzene rings is 1. The largest absolute Gasteiger partial charge is 0.351 e. The number of rotatable bonds is 5. The Labute approximate surface area is 128 Å². The van der Waals surface area contributed by atoms with E-state index < -0.39 is 4.92 Å². The highest BCUT2D eigenvalue weighted by Gasteiger charge is 2.33. The van der Waals surface area contributed by atoms with Crippen molar-refractivity contribution in [2.24, 2.45) is 5.41 Å². The maximum atomic E-state index is 12.3. The van der Waals surface area contributed by atoms with Crippen molar-refractivity contribution in [1.29, 1.82) is 0 Å². The summed E-state index contributed by atoms with van der Waals surface area (Å²) in [5.74, 6) is 0.258. The van der Waals surface area contributed by atoms with Crippen molar-refractivity contribution < 1.29 is 9.72 Å². The molecular formula is C15H19ClN2O3. The number of hydrogen-bond acceptors (Lipinski definition) is 3. The zero-order valence-electron chi connectivity index (χ0n) is 12.0. The second-order valence-corrected chi connectivity index (χ2v) is 6.00. The van der Waals surface area contributed by atoms with Crippen LogP contribution in [-0.2, 0) is 0 Å². The molecule has 0 aliphatic heterocycles. The molecule has 0 bridgehead atoms. The maximum Gasteiger partial charge on any atom is 0.273 e. The molecule has 0 spiro atoms. The summed E-state index contributed by atoms with van der Waals surface area (Å²) in [6, 6.07) is 4.55. The highest BCUT2D eigenvalue weighted by molar-refractivity contribution is 6.18. The van der Waals surface area contributed by atoms with Crippen LogP contribution in [0.1, 0.15) is 41.6 Å². The lowest BCUT2D eigenvalue weighted by molar-refractivity contribution is -0.385. The molecule has 0 unspecified atom stereocenters. The molecule has 1 N–H and O–H groups in total. The third kappa shape index (κ3) is 3.35. The zero-order valence-corrected chi connectivity index (χ0v) is 12.8. The number of carbonyl (C=O) groups is 1. The van der Waals surface area contributed by atoms with Gasteiger partial charge in [-0.25, -0.2) is 0 Å². The van der Waals surface area contributed by atoms with Gasteiger partial charge in [0.25, 0.3) is 11.6 Å². The van der Waals surface area contributed by atoms with Crippen LogP contribution in [-0.4, -0.2) is 23.3 Å². The van der Waals surface area contributed by atoms with E-state index in [-0.39, 0.29) is 17.0 Å². The Morgan fingerprint density at radius 2 is 2.10 bits per heavy atom. The summed E-state index contributed by atoms with van der Waals surface area (Å²) in [7, 11) is 0. The first-order valence-electron chi connectivity index (χ1n) is 7.07. The predicted molar refractivity (Wildman–Crippen MR) is 81.8 cm³/mol. The molecule has 5 nitrogen and oxygen atoms in total. The van der Waals surface area contributed by atoms with Crippen LogP contribution in [0.25, 0.3) is 0 Å². The Morgan fingerprint density at radius 3 is 2.67 bits per heavy atom. The minimum Gasteiger partial charge on any atom is -0.351 e. The van der Waals surface area contributed by atoms with Crippen molar-refractivity contribution in [1.82, 2.24) is 5.32 Å². The number of alkyl halides is 1. The normalized spacial score (nSPS) is 16.7. The molecule has 1 aromatic carbocycles. The average molecular weight is 311 g/mol. The number of nitro groups is 1. The van der Waals surface area contributed by atoms with Crippen LogP contribution in [0.3, 0.4) is 0 Å². The molecule has 0 atom stereocenters. The summed E-state index contributed by atoms with van der Waals surface area (Å²) in [6.07, 6.45) is 4.31. The number of nitrogens with zero attached hydrogens (tertiary/aromatic N) is 1. The van der Waals surface area contributed by atoms with Gasteiger partial charge in [-0.1, -0.05) is 18.9 Å². The van der Waals surface area contributed by atoms with Crippen molar-refractivity contribution in [3.05, 3.63) is 39.4 Å². The summed E-state index contributed by atoms with van der Waals surface area (Å²) < 4.78 is 0. The van der Waals surface area contributed by atoms with E-state index in [0.717, 1.165) is 25.7 Å². The fraction of sp³-hybridized carbons (Fsp3) is 0.533. The lowest BCUT2D eigenvalue weighted by atomic mass is 9.88. The van der Waals surface area contributed by atoms with E-state index in [1.54, 1.807) is 13.0 Å². The molecule has 0 heterocycles. The number of nitro benzene ring substituents is 1. The third-order valence-corrected chi connectivity index (χ3v) is 4.89. The van der Waals surface area contributed by atoms with Gasteiger partial charge in [-0.15, -0.1) is 11.6 Å². The van der Waals surface area contributed by atoms with Crippen molar-refractivity contribution in [2.45, 2.75) is 32.6 Å². The van der Waals surface area contributed by atoms with Gasteiger partial charge in [-0.05, 0) is 25.8 Å². The lowest BCUT2D eigenvalue weighted by Crippen LogP contribution is -2.37. The van der Waals surface area contributed by atoms with E-state index in [0.29, 0.717) is 23.6 Å². The number of carbonyl (C=O) groups excluding carboxylic acids is 1. The molecule has 21 heavy (non-hydrogen) atoms.